The Kier molecular flexibility index (Phi) is 142. The molecule has 0 aromatic rings. The molecule has 0 fully saturated rings. The molecule has 0 aromatic carbocycles. The summed E-state index contributed by atoms with van der Waals surface area (Å²) < 4.78 is 0. The van der Waals surface area contributed by atoms with Crippen molar-refractivity contribution in [1.82, 2.24) is 0 Å². The third-order valence-electron chi connectivity index (χ3n) is 2.58. The molecule has 576 valence electrons. The molecule has 96 heavy (non-hydrogen) atoms. The van der Waals surface area contributed by atoms with Crippen LogP contribution in [0, 0.1) is 0 Å². The van der Waals surface area contributed by atoms with E-state index in [9.17, 15) is 0 Å². The van der Waals surface area contributed by atoms with Crippen molar-refractivity contribution in [3.05, 3.63) is 0 Å². The normalized spacial score (nSPS) is 7.88. The Balaban J connectivity index is 6.18. The minimum absolute atomic E-state index is 1.37. The van der Waals surface area contributed by atoms with Gasteiger partial charge in [0.05, 0.1) is 0 Å². The molecule has 0 heterocycles. The van der Waals surface area contributed by atoms with Crippen molar-refractivity contribution in [2.24, 2.45) is 0 Å². The van der Waals surface area contributed by atoms with Crippen LogP contribution in [0.4, 0.5) is 0 Å². The maximum absolute atomic E-state index is 4.83. The molecular formula is S96. The summed E-state index contributed by atoms with van der Waals surface area (Å²) in [6.45, 7) is 0. The quantitative estimate of drug-likeness (QED) is 0.330. The summed E-state index contributed by atoms with van der Waals surface area (Å²) in [6.07, 6.45) is 0. The van der Waals surface area contributed by atoms with Crippen LogP contribution in [0.25, 0.3) is 0 Å². The predicted molar refractivity (Wildman–Crippen MR) is 707 cm³/mol. The lowest BCUT2D eigenvalue weighted by molar-refractivity contribution is 5.95. The topological polar surface area (TPSA) is 0 Å². The summed E-state index contributed by atoms with van der Waals surface area (Å²) in [7, 11) is 170. The molecular weight excluding hydrogens is 3080 g/mol. The molecule has 0 radical (unpaired) electrons. The monoisotopic (exact) mass is 3070 g/mol. The van der Waals surface area contributed by atoms with Gasteiger partial charge in [-0.25, -0.2) is 0 Å². The highest BCUT2D eigenvalue weighted by Crippen LogP contribution is 1.50. The van der Waals surface area contributed by atoms with Crippen LogP contribution in [-0.2, 0) is 857 Å². The minimum atomic E-state index is 1.37. The van der Waals surface area contributed by atoms with Crippen molar-refractivity contribution >= 4 is 857 Å². The first-order chi connectivity index (χ1) is 47.9. The maximum atomic E-state index is 4.83. The van der Waals surface area contributed by atoms with Gasteiger partial charge in [0, 0.05) is 857 Å². The minimum Gasteiger partial charge on any atom is 0 e. The molecule has 0 saturated heterocycles. The first-order valence-electron chi connectivity index (χ1n) is 15.8. The molecule has 0 nitrogen and oxygen atoms in total. The highest BCUT2D eigenvalue weighted by Gasteiger charge is 1.50. The largest absolute Gasteiger partial charge is 0 e. The lowest BCUT2D eigenvalue weighted by Gasteiger charge is -1.41. The van der Waals surface area contributed by atoms with Crippen molar-refractivity contribution < 1.29 is 0 Å². The fourth-order valence-corrected chi connectivity index (χ4v) is 254. The van der Waals surface area contributed by atoms with Gasteiger partial charge in [-0.3, -0.25) is 0 Å². The van der Waals surface area contributed by atoms with E-state index in [2.05, 4.69) is 0 Å². The van der Waals surface area contributed by atoms with Gasteiger partial charge in [0.1, 0.15) is 0 Å². The molecule has 0 rings (SSSR count). The highest BCUT2D eigenvalue weighted by molar-refractivity contribution is 8.87. The van der Waals surface area contributed by atoms with Crippen molar-refractivity contribution in [2.45, 2.75) is 0 Å². The molecule has 0 aromatic heterocycles. The number of hydrogen-bond acceptors (Lipinski definition) is 2. The van der Waals surface area contributed by atoms with Crippen LogP contribution >= 0.6 is 0 Å². The molecule has 0 saturated carbocycles. The van der Waals surface area contributed by atoms with Crippen molar-refractivity contribution in [1.29, 1.82) is 0 Å². The second-order valence-electron chi connectivity index (χ2n) is 6.40. The van der Waals surface area contributed by atoms with Crippen molar-refractivity contribution in [3.63, 3.8) is 0 Å². The zero-order valence-corrected chi connectivity index (χ0v) is 118. The van der Waals surface area contributed by atoms with Gasteiger partial charge in [-0.15, -0.1) is 0 Å². The standard InChI is InChI=1S/S96/c1-3-5-7-9-11-13-15-17-19-21-23-25-27-29-31-33-35-37-39-41-43-45-47-49-51-53-55-57-59-61-63-65-67-69-71-73-75-77-79-81-83-85-87-89-91-93-95-96-94-92-90-88-86-84-82-80-78-76-74-72-70-68-66-64-62-60-58-56-54-52-50-48-46-44-42-40-38-36-34-32-30-28-26-24-22-20-18-16-14-12-10-8-6-4-2. The number of rotatable bonds is 0. The fraction of sp³-hybridized carbons (Fsp3) is 0. The maximum Gasteiger partial charge on any atom is 0 e. The van der Waals surface area contributed by atoms with Gasteiger partial charge in [-0.05, 0) is 0 Å². The second-order valence-corrected chi connectivity index (χ2v) is 173. The van der Waals surface area contributed by atoms with Gasteiger partial charge in [0.2, 0.25) is 0 Å². The van der Waals surface area contributed by atoms with Crippen LogP contribution in [0.15, 0.2) is 0 Å². The van der Waals surface area contributed by atoms with E-state index in [4.69, 9.17) is 22.4 Å². The Morgan fingerprint density at radius 1 is 0.0521 bits per heavy atom. The Morgan fingerprint density at radius 2 is 0.0833 bits per heavy atom. The number of hydrogen-bond donors (Lipinski definition) is 0. The van der Waals surface area contributed by atoms with Crippen LogP contribution in [0.3, 0.4) is 0 Å². The summed E-state index contributed by atoms with van der Waals surface area (Å²) in [6, 6.07) is 0. The van der Waals surface area contributed by atoms with E-state index in [1.54, 1.807) is 107 Å². The van der Waals surface area contributed by atoms with E-state index in [0.717, 1.165) is 0 Å². The summed E-state index contributed by atoms with van der Waals surface area (Å²) in [5.74, 6) is 0. The van der Waals surface area contributed by atoms with Gasteiger partial charge in [-0.2, -0.15) is 0 Å². The van der Waals surface area contributed by atoms with Crippen LogP contribution < -0.4 is 0 Å². The molecule has 0 amide bonds. The molecule has 0 aliphatic rings. The molecule has 0 aliphatic heterocycles. The third-order valence-corrected chi connectivity index (χ3v) is 209. The average molecular weight is 3080 g/mol. The molecule has 0 unspecified atom stereocenters. The molecule has 96 heteroatoms. The van der Waals surface area contributed by atoms with Crippen LogP contribution in [-0.4, -0.2) is 0 Å². The lowest BCUT2D eigenvalue weighted by atomic mass is 30.7. The predicted octanol–water partition coefficient (Wildman–Crippen LogP) is -0.230. The van der Waals surface area contributed by atoms with E-state index in [1.807, 2.05) is 710 Å². The molecule has 0 N–H and O–H groups in total. The molecule has 0 spiro atoms. The van der Waals surface area contributed by atoms with Crippen LogP contribution in [0.1, 0.15) is 0 Å². The van der Waals surface area contributed by atoms with Gasteiger partial charge in [-0.1, -0.05) is 0 Å². The first kappa shape index (κ1) is 117. The van der Waals surface area contributed by atoms with E-state index in [1.165, 1.54) is 17.8 Å². The second kappa shape index (κ2) is 116. The Labute approximate surface area is 829 Å². The smallest absolute Gasteiger partial charge is 0 e. The van der Waals surface area contributed by atoms with Gasteiger partial charge < -0.3 is 0 Å². The fourth-order valence-electron chi connectivity index (χ4n) is 1.04. The van der Waals surface area contributed by atoms with Crippen LogP contribution in [0.2, 0.25) is 0 Å². The van der Waals surface area contributed by atoms with Crippen molar-refractivity contribution in [3.8, 4) is 0 Å². The summed E-state index contributed by atoms with van der Waals surface area (Å²) in [5.41, 5.74) is 0. The summed E-state index contributed by atoms with van der Waals surface area (Å²) in [4.78, 5) is 0. The Bertz CT molecular complexity index is 7140. The highest BCUT2D eigenvalue weighted by atomic mass is 33.6. The molecule has 0 bridgehead atoms. The third kappa shape index (κ3) is 115. The summed E-state index contributed by atoms with van der Waals surface area (Å²) >= 11 is 9.66. The zero-order valence-electron chi connectivity index (χ0n) is 39.2. The summed E-state index contributed by atoms with van der Waals surface area (Å²) in [5, 5.41) is 0. The molecule has 0 atom stereocenters. The van der Waals surface area contributed by atoms with E-state index in [-0.39, 0.29) is 0 Å². The molecule has 0 aliphatic carbocycles. The van der Waals surface area contributed by atoms with Gasteiger partial charge in [0.15, 0.2) is 0 Å². The Hall–Kier alpha value is 21.1. The van der Waals surface area contributed by atoms with Gasteiger partial charge in [0.25, 0.3) is 0 Å². The average Bonchev–Trinajstić information content (AvgIpc) is 3.61. The van der Waals surface area contributed by atoms with Crippen LogP contribution in [0.5, 0.6) is 0 Å². The van der Waals surface area contributed by atoms with E-state index < -0.39 is 0 Å². The zero-order chi connectivity index (χ0) is 68.5. The van der Waals surface area contributed by atoms with E-state index >= 15 is 0 Å². The van der Waals surface area contributed by atoms with Gasteiger partial charge >= 0.3 is 0 Å². The van der Waals surface area contributed by atoms with Crippen molar-refractivity contribution in [2.75, 3.05) is 0 Å². The SMILES string of the molecule is S=S=S=S=S=S=S=S=S=S=S=S=S=S=S=S=S=S=S=S=S=S=S=S=S=S=S=S=S=S=S=S=S=S=S=S=S=S=S=S=S=S=S=S=S=S=S=S=S=S=S=S=S=S=S=S=S=S=S=S=S=S=S=S=S=S=S=S=S=S=S=S=S=S=S=S=S=S=S=S=S=S=S=S=S=S=S=S=S=S=S=S=S=S=S=S. The first-order valence-corrected chi connectivity index (χ1v) is 142. The lowest BCUT2D eigenvalue weighted by Crippen LogP contribution is -1.41. The van der Waals surface area contributed by atoms with E-state index in [0.29, 0.717) is 0 Å². The Morgan fingerprint density at radius 3 is 0.115 bits per heavy atom.